The van der Waals surface area contributed by atoms with E-state index in [0.29, 0.717) is 34.0 Å². The van der Waals surface area contributed by atoms with Gasteiger partial charge in [-0.1, -0.05) is 23.2 Å². The highest BCUT2D eigenvalue weighted by Crippen LogP contribution is 2.26. The van der Waals surface area contributed by atoms with E-state index in [0.717, 1.165) is 12.8 Å². The summed E-state index contributed by atoms with van der Waals surface area (Å²) in [7, 11) is 0. The molecule has 2 heterocycles. The van der Waals surface area contributed by atoms with Crippen LogP contribution in [0.15, 0.2) is 29.8 Å². The summed E-state index contributed by atoms with van der Waals surface area (Å²) in [5.41, 5.74) is 0.452. The summed E-state index contributed by atoms with van der Waals surface area (Å²) in [6.07, 6.45) is 3.13. The lowest BCUT2D eigenvalue weighted by atomic mass is 9.97. The molecule has 1 aromatic heterocycles. The van der Waals surface area contributed by atoms with Crippen LogP contribution in [0, 0.1) is 5.92 Å². The van der Waals surface area contributed by atoms with Gasteiger partial charge in [-0.15, -0.1) is 11.3 Å². The first-order chi connectivity index (χ1) is 12.0. The van der Waals surface area contributed by atoms with Crippen molar-refractivity contribution in [2.45, 2.75) is 12.8 Å². The van der Waals surface area contributed by atoms with E-state index in [2.05, 4.69) is 15.6 Å². The second-order valence-electron chi connectivity index (χ2n) is 5.67. The lowest BCUT2D eigenvalue weighted by Crippen LogP contribution is -2.45. The van der Waals surface area contributed by atoms with E-state index in [1.54, 1.807) is 34.7 Å². The Labute approximate surface area is 159 Å². The fraction of sp³-hybridized carbons (Fsp3) is 0.312. The normalized spacial score (nSPS) is 17.2. The van der Waals surface area contributed by atoms with Crippen LogP contribution < -0.4 is 10.6 Å². The predicted octanol–water partition coefficient (Wildman–Crippen LogP) is 4.33. The van der Waals surface area contributed by atoms with Gasteiger partial charge in [0.15, 0.2) is 5.13 Å². The summed E-state index contributed by atoms with van der Waals surface area (Å²) >= 11 is 13.4. The number of likely N-dealkylation sites (tertiary alicyclic amines) is 1. The molecule has 1 unspecified atom stereocenters. The van der Waals surface area contributed by atoms with E-state index < -0.39 is 0 Å². The number of carbonyl (C=O) groups is 2. The minimum absolute atomic E-state index is 0.117. The fourth-order valence-electron chi connectivity index (χ4n) is 2.66. The van der Waals surface area contributed by atoms with Gasteiger partial charge in [0.2, 0.25) is 5.91 Å². The molecule has 25 heavy (non-hydrogen) atoms. The number of halogens is 2. The minimum atomic E-state index is -0.295. The molecule has 1 atom stereocenters. The lowest BCUT2D eigenvalue weighted by molar-refractivity contribution is -0.121. The van der Waals surface area contributed by atoms with Crippen LogP contribution in [0.5, 0.6) is 0 Å². The minimum Gasteiger partial charge on any atom is -0.324 e. The Morgan fingerprint density at radius 1 is 1.28 bits per heavy atom. The molecule has 3 amide bonds. The summed E-state index contributed by atoms with van der Waals surface area (Å²) in [6.45, 7) is 0.937. The molecule has 9 heteroatoms. The van der Waals surface area contributed by atoms with E-state index in [1.165, 1.54) is 11.3 Å². The van der Waals surface area contributed by atoms with Crippen LogP contribution in [0.2, 0.25) is 10.0 Å². The smallest absolute Gasteiger partial charge is 0.321 e. The lowest BCUT2D eigenvalue weighted by Gasteiger charge is -2.32. The Bertz CT molecular complexity index is 770. The van der Waals surface area contributed by atoms with Crippen LogP contribution in [0.4, 0.5) is 15.6 Å². The summed E-state index contributed by atoms with van der Waals surface area (Å²) < 4.78 is 0. The zero-order chi connectivity index (χ0) is 17.8. The molecule has 0 radical (unpaired) electrons. The Morgan fingerprint density at radius 3 is 2.88 bits per heavy atom. The van der Waals surface area contributed by atoms with Crippen LogP contribution >= 0.6 is 34.5 Å². The second kappa shape index (κ2) is 8.03. The number of thiazole rings is 1. The van der Waals surface area contributed by atoms with Gasteiger partial charge in [-0.25, -0.2) is 9.78 Å². The first kappa shape index (κ1) is 18.0. The van der Waals surface area contributed by atoms with Crippen molar-refractivity contribution in [2.24, 2.45) is 5.92 Å². The standard InChI is InChI=1S/C16H16Cl2N4O2S/c17-11-3-4-12(18)13(8-11)20-16(24)22-6-1-2-10(9-22)14(23)21-15-19-5-7-25-15/h3-5,7-8,10H,1-2,6,9H2,(H,20,24)(H,19,21,23). The number of urea groups is 1. The molecule has 2 N–H and O–H groups in total. The van der Waals surface area contributed by atoms with Gasteiger partial charge in [0.25, 0.3) is 0 Å². The van der Waals surface area contributed by atoms with Crippen molar-refractivity contribution in [2.75, 3.05) is 23.7 Å². The monoisotopic (exact) mass is 398 g/mol. The number of benzene rings is 1. The third-order valence-electron chi connectivity index (χ3n) is 3.91. The Hall–Kier alpha value is -1.83. The number of hydrogen-bond acceptors (Lipinski definition) is 4. The first-order valence-electron chi connectivity index (χ1n) is 7.74. The molecular weight excluding hydrogens is 383 g/mol. The van der Waals surface area contributed by atoms with Crippen LogP contribution in [-0.2, 0) is 4.79 Å². The third-order valence-corrected chi connectivity index (χ3v) is 5.17. The molecule has 0 saturated carbocycles. The van der Waals surface area contributed by atoms with Gasteiger partial charge in [-0.3, -0.25) is 4.79 Å². The molecule has 1 aliphatic heterocycles. The van der Waals surface area contributed by atoms with E-state index in [4.69, 9.17) is 23.2 Å². The molecule has 1 saturated heterocycles. The summed E-state index contributed by atoms with van der Waals surface area (Å²) in [5, 5.41) is 8.80. The number of anilines is 2. The van der Waals surface area contributed by atoms with E-state index in [1.807, 2.05) is 0 Å². The summed E-state index contributed by atoms with van der Waals surface area (Å²) in [4.78, 5) is 30.5. The molecule has 1 aromatic carbocycles. The van der Waals surface area contributed by atoms with Gasteiger partial charge in [-0.2, -0.15) is 0 Å². The van der Waals surface area contributed by atoms with Gasteiger partial charge in [0, 0.05) is 29.7 Å². The largest absolute Gasteiger partial charge is 0.324 e. The van der Waals surface area contributed by atoms with Crippen molar-refractivity contribution in [3.8, 4) is 0 Å². The number of amides is 3. The maximum atomic E-state index is 12.5. The molecule has 132 valence electrons. The molecular formula is C16H16Cl2N4O2S. The zero-order valence-electron chi connectivity index (χ0n) is 13.2. The Balaban J connectivity index is 1.61. The van der Waals surface area contributed by atoms with Crippen molar-refractivity contribution in [1.82, 2.24) is 9.88 Å². The predicted molar refractivity (Wildman–Crippen MR) is 101 cm³/mol. The highest BCUT2D eigenvalue weighted by Gasteiger charge is 2.29. The fourth-order valence-corrected chi connectivity index (χ4v) is 3.52. The van der Waals surface area contributed by atoms with Crippen molar-refractivity contribution < 1.29 is 9.59 Å². The molecule has 0 spiro atoms. The van der Waals surface area contributed by atoms with Crippen molar-refractivity contribution >= 4 is 57.3 Å². The average Bonchev–Trinajstić information content (AvgIpc) is 3.11. The molecule has 2 aromatic rings. The molecule has 1 aliphatic rings. The molecule has 0 bridgehead atoms. The number of hydrogen-bond donors (Lipinski definition) is 2. The van der Waals surface area contributed by atoms with Crippen LogP contribution in [0.25, 0.3) is 0 Å². The summed E-state index contributed by atoms with van der Waals surface area (Å²) in [5.74, 6) is -0.383. The number of nitrogens with zero attached hydrogens (tertiary/aromatic N) is 2. The number of carbonyl (C=O) groups excluding carboxylic acids is 2. The maximum absolute atomic E-state index is 12.5. The number of nitrogens with one attached hydrogen (secondary N) is 2. The van der Waals surface area contributed by atoms with Crippen LogP contribution in [0.1, 0.15) is 12.8 Å². The molecule has 1 fully saturated rings. The van der Waals surface area contributed by atoms with E-state index >= 15 is 0 Å². The molecule has 6 nitrogen and oxygen atoms in total. The van der Waals surface area contributed by atoms with E-state index in [-0.39, 0.29) is 17.9 Å². The van der Waals surface area contributed by atoms with Gasteiger partial charge in [-0.05, 0) is 31.0 Å². The number of piperidine rings is 1. The first-order valence-corrected chi connectivity index (χ1v) is 9.38. The Morgan fingerprint density at radius 2 is 2.12 bits per heavy atom. The van der Waals surface area contributed by atoms with Crippen molar-refractivity contribution in [3.63, 3.8) is 0 Å². The van der Waals surface area contributed by atoms with Crippen molar-refractivity contribution in [3.05, 3.63) is 39.8 Å². The molecule has 0 aliphatic carbocycles. The number of aromatic nitrogens is 1. The maximum Gasteiger partial charge on any atom is 0.321 e. The number of rotatable bonds is 3. The molecule has 3 rings (SSSR count). The van der Waals surface area contributed by atoms with Gasteiger partial charge >= 0.3 is 6.03 Å². The van der Waals surface area contributed by atoms with Gasteiger partial charge in [0.1, 0.15) is 0 Å². The SMILES string of the molecule is O=C(Nc1nccs1)C1CCCN(C(=O)Nc2cc(Cl)ccc2Cl)C1. The average molecular weight is 399 g/mol. The Kier molecular flexibility index (Phi) is 5.78. The highest BCUT2D eigenvalue weighted by molar-refractivity contribution is 7.13. The zero-order valence-corrected chi connectivity index (χ0v) is 15.5. The second-order valence-corrected chi connectivity index (χ2v) is 7.40. The topological polar surface area (TPSA) is 74.3 Å². The third kappa shape index (κ3) is 4.62. The van der Waals surface area contributed by atoms with Gasteiger partial charge < -0.3 is 15.5 Å². The van der Waals surface area contributed by atoms with Gasteiger partial charge in [0.05, 0.1) is 16.6 Å². The summed E-state index contributed by atoms with van der Waals surface area (Å²) in [6, 6.07) is 4.58. The van der Waals surface area contributed by atoms with Crippen LogP contribution in [-0.4, -0.2) is 34.9 Å². The van der Waals surface area contributed by atoms with E-state index in [9.17, 15) is 9.59 Å². The van der Waals surface area contributed by atoms with Crippen LogP contribution in [0.3, 0.4) is 0 Å². The quantitative estimate of drug-likeness (QED) is 0.807. The highest BCUT2D eigenvalue weighted by atomic mass is 35.5. The van der Waals surface area contributed by atoms with Crippen molar-refractivity contribution in [1.29, 1.82) is 0 Å².